The normalized spacial score (nSPS) is 28.9. The van der Waals surface area contributed by atoms with Crippen molar-refractivity contribution in [1.29, 1.82) is 0 Å². The number of esters is 4. The van der Waals surface area contributed by atoms with Crippen LogP contribution in [0.4, 0.5) is 0 Å². The second-order valence-electron chi connectivity index (χ2n) is 8.90. The third-order valence-electron chi connectivity index (χ3n) is 5.39. The van der Waals surface area contributed by atoms with Crippen LogP contribution in [0.25, 0.3) is 0 Å². The Morgan fingerprint density at radius 2 is 1.31 bits per heavy atom. The van der Waals surface area contributed by atoms with Crippen LogP contribution in [0.2, 0.25) is 0 Å². The highest BCUT2D eigenvalue weighted by Crippen LogP contribution is 2.19. The predicted octanol–water partition coefficient (Wildman–Crippen LogP) is 4.12. The van der Waals surface area contributed by atoms with E-state index in [1.165, 1.54) is 12.8 Å². The van der Waals surface area contributed by atoms with E-state index in [9.17, 15) is 19.2 Å². The number of cyclic esters (lactones) is 4. The molecule has 4 atom stereocenters. The maximum Gasteiger partial charge on any atom is 0.306 e. The van der Waals surface area contributed by atoms with Gasteiger partial charge in [-0.2, -0.15) is 0 Å². The summed E-state index contributed by atoms with van der Waals surface area (Å²) in [6.45, 7) is 9.29. The number of ether oxygens (including phenoxy) is 4. The molecule has 4 heterocycles. The van der Waals surface area contributed by atoms with Crippen LogP contribution in [-0.2, 0) is 38.1 Å². The lowest BCUT2D eigenvalue weighted by Crippen LogP contribution is -2.21. The van der Waals surface area contributed by atoms with Crippen molar-refractivity contribution in [2.45, 2.75) is 104 Å². The SMILES string of the molecule is CC1CCC(=O)O1.CC1CCCC(=O)O1.CC1COC(=O)C1.CCCC1CCC(=O)OC1. The van der Waals surface area contributed by atoms with Gasteiger partial charge in [0.15, 0.2) is 0 Å². The van der Waals surface area contributed by atoms with Gasteiger partial charge in [-0.25, -0.2) is 0 Å². The molecule has 0 aromatic heterocycles. The summed E-state index contributed by atoms with van der Waals surface area (Å²) < 4.78 is 19.1. The average molecular weight is 457 g/mol. The number of rotatable bonds is 2. The molecule has 32 heavy (non-hydrogen) atoms. The molecular formula is C24H40O8. The highest BCUT2D eigenvalue weighted by Gasteiger charge is 2.19. The van der Waals surface area contributed by atoms with E-state index in [1.54, 1.807) is 0 Å². The Hall–Kier alpha value is -2.12. The zero-order chi connectivity index (χ0) is 23.9. The van der Waals surface area contributed by atoms with Gasteiger partial charge in [-0.3, -0.25) is 19.2 Å². The highest BCUT2D eigenvalue weighted by molar-refractivity contribution is 5.71. The zero-order valence-corrected chi connectivity index (χ0v) is 20.1. The van der Waals surface area contributed by atoms with E-state index >= 15 is 0 Å². The van der Waals surface area contributed by atoms with Gasteiger partial charge in [0.2, 0.25) is 0 Å². The van der Waals surface area contributed by atoms with Crippen molar-refractivity contribution in [1.82, 2.24) is 0 Å². The first-order valence-electron chi connectivity index (χ1n) is 11.9. The first kappa shape index (κ1) is 27.9. The maximum atomic E-state index is 10.6. The van der Waals surface area contributed by atoms with Crippen molar-refractivity contribution in [3.63, 3.8) is 0 Å². The van der Waals surface area contributed by atoms with Crippen molar-refractivity contribution < 1.29 is 38.1 Å². The quantitative estimate of drug-likeness (QED) is 0.451. The minimum absolute atomic E-state index is 0.0210. The summed E-state index contributed by atoms with van der Waals surface area (Å²) in [5.74, 6) is 0.936. The minimum Gasteiger partial charge on any atom is -0.465 e. The third kappa shape index (κ3) is 13.3. The van der Waals surface area contributed by atoms with E-state index in [4.69, 9.17) is 14.2 Å². The molecule has 184 valence electrons. The van der Waals surface area contributed by atoms with E-state index < -0.39 is 0 Å². The Bertz CT molecular complexity index is 569. The van der Waals surface area contributed by atoms with E-state index in [1.807, 2.05) is 20.8 Å². The van der Waals surface area contributed by atoms with Crippen molar-refractivity contribution in [3.8, 4) is 0 Å². The lowest BCUT2D eigenvalue weighted by molar-refractivity contribution is -0.152. The molecule has 4 fully saturated rings. The lowest BCUT2D eigenvalue weighted by atomic mass is 9.97. The molecule has 4 aliphatic rings. The number of hydrogen-bond donors (Lipinski definition) is 0. The maximum absolute atomic E-state index is 10.6. The van der Waals surface area contributed by atoms with Gasteiger partial charge in [0.05, 0.1) is 31.8 Å². The van der Waals surface area contributed by atoms with Crippen molar-refractivity contribution >= 4 is 23.9 Å². The molecule has 8 nitrogen and oxygen atoms in total. The second kappa shape index (κ2) is 15.6. The van der Waals surface area contributed by atoms with Crippen LogP contribution in [0.5, 0.6) is 0 Å². The molecule has 4 rings (SSSR count). The van der Waals surface area contributed by atoms with Crippen LogP contribution in [0.15, 0.2) is 0 Å². The molecule has 0 spiro atoms. The lowest BCUT2D eigenvalue weighted by Gasteiger charge is -2.20. The molecule has 0 amide bonds. The summed E-state index contributed by atoms with van der Waals surface area (Å²) in [4.78, 5) is 41.5. The van der Waals surface area contributed by atoms with E-state index in [0.29, 0.717) is 50.7 Å². The molecule has 4 saturated heterocycles. The molecule has 0 N–H and O–H groups in total. The van der Waals surface area contributed by atoms with Crippen molar-refractivity contribution in [2.75, 3.05) is 13.2 Å². The molecule has 0 aliphatic carbocycles. The fourth-order valence-electron chi connectivity index (χ4n) is 3.50. The van der Waals surface area contributed by atoms with Crippen LogP contribution in [-0.4, -0.2) is 49.3 Å². The summed E-state index contributed by atoms with van der Waals surface area (Å²) in [7, 11) is 0. The monoisotopic (exact) mass is 456 g/mol. The fourth-order valence-corrected chi connectivity index (χ4v) is 3.50. The van der Waals surface area contributed by atoms with Gasteiger partial charge in [-0.05, 0) is 51.9 Å². The second-order valence-corrected chi connectivity index (χ2v) is 8.90. The Kier molecular flexibility index (Phi) is 13.6. The minimum atomic E-state index is -0.0486. The third-order valence-corrected chi connectivity index (χ3v) is 5.39. The molecule has 0 saturated carbocycles. The zero-order valence-electron chi connectivity index (χ0n) is 20.1. The van der Waals surface area contributed by atoms with Gasteiger partial charge in [0, 0.05) is 25.2 Å². The van der Waals surface area contributed by atoms with Gasteiger partial charge >= 0.3 is 23.9 Å². The van der Waals surface area contributed by atoms with E-state index in [2.05, 4.69) is 11.7 Å². The number of carbonyl (C=O) groups excluding carboxylic acids is 4. The number of carbonyl (C=O) groups is 4. The largest absolute Gasteiger partial charge is 0.465 e. The molecule has 0 bridgehead atoms. The molecular weight excluding hydrogens is 416 g/mol. The van der Waals surface area contributed by atoms with E-state index in [-0.39, 0.29) is 36.1 Å². The Morgan fingerprint density at radius 3 is 1.62 bits per heavy atom. The van der Waals surface area contributed by atoms with Crippen molar-refractivity contribution in [3.05, 3.63) is 0 Å². The van der Waals surface area contributed by atoms with Crippen LogP contribution in [0.1, 0.15) is 91.9 Å². The highest BCUT2D eigenvalue weighted by atomic mass is 16.6. The Morgan fingerprint density at radius 1 is 0.719 bits per heavy atom. The van der Waals surface area contributed by atoms with Gasteiger partial charge in [0.1, 0.15) is 0 Å². The van der Waals surface area contributed by atoms with Gasteiger partial charge < -0.3 is 18.9 Å². The van der Waals surface area contributed by atoms with Gasteiger partial charge in [-0.1, -0.05) is 20.3 Å². The fraction of sp³-hybridized carbons (Fsp3) is 0.833. The van der Waals surface area contributed by atoms with Gasteiger partial charge in [0.25, 0.3) is 0 Å². The molecule has 4 unspecified atom stereocenters. The van der Waals surface area contributed by atoms with E-state index in [0.717, 1.165) is 25.7 Å². The summed E-state index contributed by atoms with van der Waals surface area (Å²) in [5.41, 5.74) is 0. The topological polar surface area (TPSA) is 105 Å². The number of hydrogen-bond acceptors (Lipinski definition) is 8. The first-order chi connectivity index (χ1) is 15.2. The smallest absolute Gasteiger partial charge is 0.306 e. The van der Waals surface area contributed by atoms with Crippen LogP contribution in [0.3, 0.4) is 0 Å². The van der Waals surface area contributed by atoms with Crippen LogP contribution in [0, 0.1) is 11.8 Å². The summed E-state index contributed by atoms with van der Waals surface area (Å²) >= 11 is 0. The molecule has 8 heteroatoms. The molecule has 0 aromatic rings. The van der Waals surface area contributed by atoms with Crippen molar-refractivity contribution in [2.24, 2.45) is 11.8 Å². The molecule has 0 aromatic carbocycles. The van der Waals surface area contributed by atoms with Crippen LogP contribution >= 0.6 is 0 Å². The standard InChI is InChI=1S/C8H14O2.C6H10O2.2C5H8O2/c1-2-3-7-4-5-8(9)10-6-7;1-5-3-2-4-6(7)8-5;1-4-2-5(6)7-3-4;1-4-2-3-5(6)7-4/h7H,2-6H2,1H3;5H,2-4H2,1H3;2*4H,2-3H2,1H3. The Labute approximate surface area is 191 Å². The average Bonchev–Trinajstić information content (AvgIpc) is 3.31. The van der Waals surface area contributed by atoms with Gasteiger partial charge in [-0.15, -0.1) is 0 Å². The predicted molar refractivity (Wildman–Crippen MR) is 118 cm³/mol. The summed E-state index contributed by atoms with van der Waals surface area (Å²) in [6, 6.07) is 0. The Balaban J connectivity index is 0.000000216. The van der Waals surface area contributed by atoms with Crippen LogP contribution < -0.4 is 0 Å². The molecule has 0 radical (unpaired) electrons. The molecule has 4 aliphatic heterocycles. The summed E-state index contributed by atoms with van der Waals surface area (Å²) in [6.07, 6.45) is 9.17. The first-order valence-corrected chi connectivity index (χ1v) is 11.9. The summed E-state index contributed by atoms with van der Waals surface area (Å²) in [5, 5.41) is 0.